The summed E-state index contributed by atoms with van der Waals surface area (Å²) in [4.78, 5) is 16.0. The predicted molar refractivity (Wildman–Crippen MR) is 88.1 cm³/mol. The van der Waals surface area contributed by atoms with Gasteiger partial charge in [0.25, 0.3) is 5.91 Å². The molecule has 0 fully saturated rings. The lowest BCUT2D eigenvalue weighted by Crippen LogP contribution is -2.27. The minimum Gasteiger partial charge on any atom is -0.384 e. The molecule has 23 heavy (non-hydrogen) atoms. The van der Waals surface area contributed by atoms with Gasteiger partial charge >= 0.3 is 0 Å². The summed E-state index contributed by atoms with van der Waals surface area (Å²) in [6.07, 6.45) is 6.01. The second-order valence-electron chi connectivity index (χ2n) is 4.95. The van der Waals surface area contributed by atoms with Crippen LogP contribution in [0.4, 0.5) is 0 Å². The second-order valence-corrected chi connectivity index (χ2v) is 4.95. The third kappa shape index (κ3) is 8.59. The van der Waals surface area contributed by atoms with Crippen molar-refractivity contribution in [3.05, 3.63) is 41.9 Å². The SMILES string of the molecule is CCCCOCCCNC(=O)/C(C#N)=C\NCc1ccccn1. The van der Waals surface area contributed by atoms with Crippen molar-refractivity contribution in [1.29, 1.82) is 5.26 Å². The number of hydrogen-bond acceptors (Lipinski definition) is 5. The van der Waals surface area contributed by atoms with Crippen LogP contribution in [0.15, 0.2) is 36.2 Å². The summed E-state index contributed by atoms with van der Waals surface area (Å²) in [5, 5.41) is 14.7. The molecular weight excluding hydrogens is 292 g/mol. The van der Waals surface area contributed by atoms with E-state index < -0.39 is 0 Å². The number of pyridine rings is 1. The normalized spacial score (nSPS) is 10.9. The fourth-order valence-electron chi connectivity index (χ4n) is 1.73. The number of nitriles is 1. The van der Waals surface area contributed by atoms with Crippen LogP contribution in [0.2, 0.25) is 0 Å². The van der Waals surface area contributed by atoms with E-state index in [1.54, 1.807) is 6.20 Å². The molecule has 0 aromatic carbocycles. The van der Waals surface area contributed by atoms with Crippen LogP contribution in [0.25, 0.3) is 0 Å². The molecule has 0 aliphatic rings. The second kappa shape index (κ2) is 12.2. The first-order chi connectivity index (χ1) is 11.3. The average molecular weight is 316 g/mol. The molecule has 0 unspecified atom stereocenters. The Morgan fingerprint density at radius 1 is 1.39 bits per heavy atom. The van der Waals surface area contributed by atoms with Gasteiger partial charge in [-0.2, -0.15) is 5.26 Å². The van der Waals surface area contributed by atoms with Crippen LogP contribution in [0.1, 0.15) is 31.9 Å². The molecule has 124 valence electrons. The van der Waals surface area contributed by atoms with Crippen molar-refractivity contribution in [1.82, 2.24) is 15.6 Å². The smallest absolute Gasteiger partial charge is 0.263 e. The number of aromatic nitrogens is 1. The van der Waals surface area contributed by atoms with Crippen molar-refractivity contribution < 1.29 is 9.53 Å². The van der Waals surface area contributed by atoms with Gasteiger partial charge in [-0.1, -0.05) is 19.4 Å². The Balaban J connectivity index is 2.23. The molecule has 0 aliphatic carbocycles. The van der Waals surface area contributed by atoms with Gasteiger partial charge in [-0.15, -0.1) is 0 Å². The Morgan fingerprint density at radius 3 is 2.91 bits per heavy atom. The van der Waals surface area contributed by atoms with Crippen molar-refractivity contribution in [2.75, 3.05) is 19.8 Å². The third-order valence-corrected chi connectivity index (χ3v) is 3.01. The number of rotatable bonds is 11. The number of amides is 1. The molecule has 1 amide bonds. The number of carbonyl (C=O) groups excluding carboxylic acids is 1. The summed E-state index contributed by atoms with van der Waals surface area (Å²) in [7, 11) is 0. The minimum absolute atomic E-state index is 0.0489. The van der Waals surface area contributed by atoms with Gasteiger partial charge in [-0.25, -0.2) is 0 Å². The van der Waals surface area contributed by atoms with E-state index in [1.165, 1.54) is 6.20 Å². The third-order valence-electron chi connectivity index (χ3n) is 3.01. The van der Waals surface area contributed by atoms with Gasteiger partial charge in [-0.05, 0) is 25.0 Å². The van der Waals surface area contributed by atoms with Crippen LogP contribution in [-0.2, 0) is 16.1 Å². The highest BCUT2D eigenvalue weighted by Gasteiger charge is 2.07. The van der Waals surface area contributed by atoms with Crippen LogP contribution < -0.4 is 10.6 Å². The number of hydrogen-bond donors (Lipinski definition) is 2. The molecular formula is C17H24N4O2. The Morgan fingerprint density at radius 2 is 2.22 bits per heavy atom. The van der Waals surface area contributed by atoms with E-state index in [-0.39, 0.29) is 11.5 Å². The van der Waals surface area contributed by atoms with Crippen molar-refractivity contribution in [3.63, 3.8) is 0 Å². The van der Waals surface area contributed by atoms with Crippen LogP contribution in [0.3, 0.4) is 0 Å². The fourth-order valence-corrected chi connectivity index (χ4v) is 1.73. The van der Waals surface area contributed by atoms with Gasteiger partial charge < -0.3 is 15.4 Å². The van der Waals surface area contributed by atoms with Gasteiger partial charge in [0.2, 0.25) is 0 Å². The molecule has 0 bridgehead atoms. The van der Waals surface area contributed by atoms with E-state index in [0.29, 0.717) is 19.7 Å². The van der Waals surface area contributed by atoms with Crippen molar-refractivity contribution in [2.24, 2.45) is 0 Å². The zero-order valence-electron chi connectivity index (χ0n) is 13.5. The summed E-state index contributed by atoms with van der Waals surface area (Å²) in [6.45, 7) is 4.44. The minimum atomic E-state index is -0.380. The number of unbranched alkanes of at least 4 members (excludes halogenated alkanes) is 1. The predicted octanol–water partition coefficient (Wildman–Crippen LogP) is 1.90. The highest BCUT2D eigenvalue weighted by atomic mass is 16.5. The summed E-state index contributed by atoms with van der Waals surface area (Å²) < 4.78 is 5.41. The first kappa shape index (κ1) is 18.7. The molecule has 1 aromatic heterocycles. The van der Waals surface area contributed by atoms with E-state index in [0.717, 1.165) is 31.6 Å². The molecule has 6 heteroatoms. The zero-order valence-corrected chi connectivity index (χ0v) is 13.5. The van der Waals surface area contributed by atoms with E-state index in [4.69, 9.17) is 10.00 Å². The van der Waals surface area contributed by atoms with Gasteiger partial charge in [-0.3, -0.25) is 9.78 Å². The lowest BCUT2D eigenvalue weighted by Gasteiger charge is -2.06. The number of carbonyl (C=O) groups is 1. The van der Waals surface area contributed by atoms with Crippen molar-refractivity contribution >= 4 is 5.91 Å². The first-order valence-corrected chi connectivity index (χ1v) is 7.87. The molecule has 0 aliphatic heterocycles. The fraction of sp³-hybridized carbons (Fsp3) is 0.471. The zero-order chi connectivity index (χ0) is 16.8. The van der Waals surface area contributed by atoms with Crippen molar-refractivity contribution in [3.8, 4) is 6.07 Å². The average Bonchev–Trinajstić information content (AvgIpc) is 2.58. The molecule has 0 saturated carbocycles. The summed E-state index contributed by atoms with van der Waals surface area (Å²) >= 11 is 0. The Bertz CT molecular complexity index is 523. The standard InChI is InChI=1S/C17H24N4O2/c1-2-3-10-23-11-6-9-21-17(22)15(12-18)13-19-14-16-7-4-5-8-20-16/h4-5,7-8,13,19H,2-3,6,9-11,14H2,1H3,(H,21,22)/b15-13-. The lowest BCUT2D eigenvalue weighted by molar-refractivity contribution is -0.117. The molecule has 1 heterocycles. The molecule has 0 atom stereocenters. The summed E-state index contributed by atoms with van der Waals surface area (Å²) in [6, 6.07) is 7.47. The Hall–Kier alpha value is -2.39. The highest BCUT2D eigenvalue weighted by Crippen LogP contribution is 1.95. The largest absolute Gasteiger partial charge is 0.384 e. The Kier molecular flexibility index (Phi) is 9.88. The van der Waals surface area contributed by atoms with Gasteiger partial charge in [0.15, 0.2) is 0 Å². The van der Waals surface area contributed by atoms with Gasteiger partial charge in [0, 0.05) is 32.2 Å². The lowest BCUT2D eigenvalue weighted by atomic mass is 10.3. The number of ether oxygens (including phenoxy) is 1. The quantitative estimate of drug-likeness (QED) is 0.370. The molecule has 2 N–H and O–H groups in total. The molecule has 6 nitrogen and oxygen atoms in total. The number of nitrogens with zero attached hydrogens (tertiary/aromatic N) is 2. The Labute approximate surface area is 137 Å². The maximum Gasteiger partial charge on any atom is 0.263 e. The molecule has 1 aromatic rings. The van der Waals surface area contributed by atoms with Crippen LogP contribution in [-0.4, -0.2) is 30.6 Å². The molecule has 0 radical (unpaired) electrons. The molecule has 0 spiro atoms. The first-order valence-electron chi connectivity index (χ1n) is 7.87. The molecule has 0 saturated heterocycles. The monoisotopic (exact) mass is 316 g/mol. The van der Waals surface area contributed by atoms with Gasteiger partial charge in [0.1, 0.15) is 11.6 Å². The van der Waals surface area contributed by atoms with E-state index in [9.17, 15) is 4.79 Å². The van der Waals surface area contributed by atoms with E-state index >= 15 is 0 Å². The molecule has 1 rings (SSSR count). The van der Waals surface area contributed by atoms with Crippen LogP contribution >= 0.6 is 0 Å². The van der Waals surface area contributed by atoms with Crippen molar-refractivity contribution in [2.45, 2.75) is 32.7 Å². The van der Waals surface area contributed by atoms with Crippen LogP contribution in [0.5, 0.6) is 0 Å². The number of nitrogens with one attached hydrogen (secondary N) is 2. The highest BCUT2D eigenvalue weighted by molar-refractivity contribution is 5.97. The van der Waals surface area contributed by atoms with E-state index in [2.05, 4.69) is 22.5 Å². The maximum absolute atomic E-state index is 11.9. The maximum atomic E-state index is 11.9. The van der Waals surface area contributed by atoms with Gasteiger partial charge in [0.05, 0.1) is 12.2 Å². The van der Waals surface area contributed by atoms with E-state index in [1.807, 2.05) is 24.3 Å². The summed E-state index contributed by atoms with van der Waals surface area (Å²) in [5.74, 6) is -0.380. The van der Waals surface area contributed by atoms with Crippen LogP contribution in [0, 0.1) is 11.3 Å². The summed E-state index contributed by atoms with van der Waals surface area (Å²) in [5.41, 5.74) is 0.888. The topological polar surface area (TPSA) is 87.0 Å².